The van der Waals surface area contributed by atoms with Gasteiger partial charge in [0.25, 0.3) is 0 Å². The largest absolute Gasteiger partial charge is 0.335 e. The van der Waals surface area contributed by atoms with Gasteiger partial charge in [-0.05, 0) is 104 Å². The number of hydrogen-bond acceptors (Lipinski definition) is 6. The zero-order valence-electron chi connectivity index (χ0n) is 25.1. The van der Waals surface area contributed by atoms with Crippen LogP contribution in [0.1, 0.15) is 33.4 Å². The summed E-state index contributed by atoms with van der Waals surface area (Å²) in [5, 5.41) is 10.3. The van der Waals surface area contributed by atoms with Crippen LogP contribution in [-0.2, 0) is 39.7 Å². The van der Waals surface area contributed by atoms with Crippen molar-refractivity contribution in [2.24, 2.45) is 0 Å². The molecule has 6 aromatic rings. The second-order valence-electron chi connectivity index (χ2n) is 10.8. The van der Waals surface area contributed by atoms with Crippen molar-refractivity contribution in [1.29, 1.82) is 0 Å². The maximum Gasteiger partial charge on any atom is 0.0951 e. The zero-order chi connectivity index (χ0) is 30.3. The Morgan fingerprint density at radius 2 is 0.674 bits per heavy atom. The first-order valence-electron chi connectivity index (χ1n) is 15.0. The molecule has 0 N–H and O–H groups in total. The van der Waals surface area contributed by atoms with Crippen LogP contribution < -0.4 is 14.7 Å². The number of anilines is 3. The Balaban J connectivity index is 0.000000120. The molecular weight excluding hydrogens is 799 g/mol. The van der Waals surface area contributed by atoms with Crippen LogP contribution in [0.25, 0.3) is 18.2 Å². The molecule has 0 fully saturated rings. The molecule has 0 amide bonds. The van der Waals surface area contributed by atoms with Crippen molar-refractivity contribution >= 4 is 67.2 Å². The molecule has 9 rings (SSSR count). The third-order valence-corrected chi connectivity index (χ3v) is 10.6. The first-order chi connectivity index (χ1) is 22.3. The summed E-state index contributed by atoms with van der Waals surface area (Å²) in [6.45, 7) is 2.94. The molecular formula is C39H33IrN3S3. The molecule has 3 aromatic heterocycles. The fraction of sp³-hybridized carbons (Fsp3) is 0.0769. The van der Waals surface area contributed by atoms with Crippen LogP contribution in [0.5, 0.6) is 0 Å². The van der Waals surface area contributed by atoms with E-state index < -0.39 is 0 Å². The summed E-state index contributed by atoms with van der Waals surface area (Å²) >= 11 is 5.34. The monoisotopic (exact) mass is 832 g/mol. The molecule has 0 bridgehead atoms. The van der Waals surface area contributed by atoms with Crippen LogP contribution in [0.4, 0.5) is 15.0 Å². The van der Waals surface area contributed by atoms with E-state index in [1.807, 2.05) is 0 Å². The standard InChI is InChI=1S/3C13H11NS.Ir/c3*1-2-5-12-10-14(8-7-11(12)4-1)13-6-3-9-15-13;/h3*1-9H,10H2;. The summed E-state index contributed by atoms with van der Waals surface area (Å²) < 4.78 is 0. The fourth-order valence-electron chi connectivity index (χ4n) is 5.50. The van der Waals surface area contributed by atoms with Crippen molar-refractivity contribution in [1.82, 2.24) is 0 Å². The molecule has 0 atom stereocenters. The molecule has 231 valence electrons. The predicted octanol–water partition coefficient (Wildman–Crippen LogP) is 11.2. The van der Waals surface area contributed by atoms with Crippen LogP contribution in [0.2, 0.25) is 0 Å². The molecule has 3 nitrogen and oxygen atoms in total. The average Bonchev–Trinajstić information content (AvgIpc) is 3.93. The van der Waals surface area contributed by atoms with Crippen LogP contribution in [0, 0.1) is 0 Å². The minimum atomic E-state index is 0. The first kappa shape index (κ1) is 32.0. The van der Waals surface area contributed by atoms with E-state index in [0.717, 1.165) is 19.6 Å². The average molecular weight is 832 g/mol. The van der Waals surface area contributed by atoms with Crippen molar-refractivity contribution in [2.45, 2.75) is 19.6 Å². The summed E-state index contributed by atoms with van der Waals surface area (Å²) in [5.74, 6) is 0. The van der Waals surface area contributed by atoms with Gasteiger partial charge in [0.1, 0.15) is 0 Å². The van der Waals surface area contributed by atoms with Crippen LogP contribution in [-0.4, -0.2) is 0 Å². The van der Waals surface area contributed by atoms with Crippen LogP contribution in [0.3, 0.4) is 0 Å². The Morgan fingerprint density at radius 1 is 0.370 bits per heavy atom. The minimum absolute atomic E-state index is 0. The third-order valence-electron chi connectivity index (χ3n) is 7.86. The Hall–Kier alpha value is -3.97. The van der Waals surface area contributed by atoms with Crippen molar-refractivity contribution < 1.29 is 20.1 Å². The van der Waals surface area contributed by atoms with E-state index in [4.69, 9.17) is 0 Å². The summed E-state index contributed by atoms with van der Waals surface area (Å²) in [5.41, 5.74) is 8.20. The molecule has 6 heterocycles. The van der Waals surface area contributed by atoms with E-state index in [-0.39, 0.29) is 20.1 Å². The number of fused-ring (bicyclic) bond motifs is 3. The van der Waals surface area contributed by atoms with Crippen LogP contribution in [0.15, 0.2) is 144 Å². The van der Waals surface area contributed by atoms with Gasteiger partial charge in [0, 0.05) is 58.3 Å². The molecule has 0 saturated heterocycles. The Labute approximate surface area is 297 Å². The van der Waals surface area contributed by atoms with Crippen molar-refractivity contribution in [3.8, 4) is 0 Å². The van der Waals surface area contributed by atoms with Crippen LogP contribution >= 0.6 is 34.0 Å². The van der Waals surface area contributed by atoms with E-state index >= 15 is 0 Å². The SMILES string of the molecule is C1=CN(c2cccs2)Cc2ccccc21.C1=CN(c2cccs2)Cc2ccccc21.C1=CN(c2cccs2)Cc2ccccc21.[Ir]. The predicted molar refractivity (Wildman–Crippen MR) is 198 cm³/mol. The van der Waals surface area contributed by atoms with E-state index in [1.54, 1.807) is 34.0 Å². The van der Waals surface area contributed by atoms with Gasteiger partial charge in [-0.2, -0.15) is 0 Å². The Morgan fingerprint density at radius 3 is 0.957 bits per heavy atom. The number of rotatable bonds is 3. The van der Waals surface area contributed by atoms with Gasteiger partial charge >= 0.3 is 0 Å². The van der Waals surface area contributed by atoms with Gasteiger partial charge < -0.3 is 14.7 Å². The van der Waals surface area contributed by atoms with Crippen molar-refractivity contribution in [3.05, 3.63) is 177 Å². The van der Waals surface area contributed by atoms with Crippen molar-refractivity contribution in [3.63, 3.8) is 0 Å². The van der Waals surface area contributed by atoms with Crippen molar-refractivity contribution in [2.75, 3.05) is 14.7 Å². The Kier molecular flexibility index (Phi) is 10.8. The molecule has 0 spiro atoms. The maximum atomic E-state index is 2.28. The van der Waals surface area contributed by atoms with E-state index in [2.05, 4.69) is 177 Å². The summed E-state index contributed by atoms with van der Waals surface area (Å²) in [6.07, 6.45) is 13.0. The van der Waals surface area contributed by atoms with Gasteiger partial charge in [-0.25, -0.2) is 0 Å². The number of thiophene rings is 3. The number of nitrogens with zero attached hydrogens (tertiary/aromatic N) is 3. The molecule has 3 aromatic carbocycles. The maximum absolute atomic E-state index is 2.28. The second-order valence-corrected chi connectivity index (χ2v) is 13.6. The van der Waals surface area contributed by atoms with Gasteiger partial charge in [-0.3, -0.25) is 0 Å². The van der Waals surface area contributed by atoms with E-state index in [1.165, 1.54) is 48.4 Å². The molecule has 46 heavy (non-hydrogen) atoms. The van der Waals surface area contributed by atoms with Gasteiger partial charge in [0.05, 0.1) is 15.0 Å². The smallest absolute Gasteiger partial charge is 0.0951 e. The third kappa shape index (κ3) is 7.69. The summed E-state index contributed by atoms with van der Waals surface area (Å²) in [4.78, 5) is 6.85. The molecule has 0 aliphatic carbocycles. The molecule has 7 heteroatoms. The van der Waals surface area contributed by atoms with Gasteiger partial charge in [-0.1, -0.05) is 72.8 Å². The van der Waals surface area contributed by atoms with Gasteiger partial charge in [0.15, 0.2) is 0 Å². The molecule has 3 aliphatic rings. The summed E-state index contributed by atoms with van der Waals surface area (Å²) in [6, 6.07) is 38.4. The van der Waals surface area contributed by atoms with E-state index in [0.29, 0.717) is 0 Å². The normalized spacial score (nSPS) is 13.7. The molecule has 0 saturated carbocycles. The first-order valence-corrected chi connectivity index (χ1v) is 17.6. The summed E-state index contributed by atoms with van der Waals surface area (Å²) in [7, 11) is 0. The number of hydrogen-bond donors (Lipinski definition) is 0. The van der Waals surface area contributed by atoms with E-state index in [9.17, 15) is 0 Å². The molecule has 0 unspecified atom stereocenters. The molecule has 1 radical (unpaired) electrons. The molecule has 3 aliphatic heterocycles. The number of benzene rings is 3. The topological polar surface area (TPSA) is 9.72 Å². The van der Waals surface area contributed by atoms with Gasteiger partial charge in [0.2, 0.25) is 0 Å². The quantitative estimate of drug-likeness (QED) is 0.176. The van der Waals surface area contributed by atoms with Gasteiger partial charge in [-0.15, -0.1) is 34.0 Å². The fourth-order valence-corrected chi connectivity index (χ4v) is 7.64. The zero-order valence-corrected chi connectivity index (χ0v) is 30.0. The Bertz CT molecular complexity index is 1680. The second kappa shape index (κ2) is 15.5. The minimum Gasteiger partial charge on any atom is -0.335 e.